The zero-order chi connectivity index (χ0) is 13.6. The van der Waals surface area contributed by atoms with E-state index in [2.05, 4.69) is 0 Å². The summed E-state index contributed by atoms with van der Waals surface area (Å²) in [5.74, 6) is -2.33. The van der Waals surface area contributed by atoms with Gasteiger partial charge in [0, 0.05) is 0 Å². The fourth-order valence-corrected chi connectivity index (χ4v) is 3.54. The van der Waals surface area contributed by atoms with Gasteiger partial charge in [0.05, 0.1) is 17.4 Å². The summed E-state index contributed by atoms with van der Waals surface area (Å²) in [5.41, 5.74) is 0.0123. The van der Waals surface area contributed by atoms with Crippen molar-refractivity contribution in [2.24, 2.45) is 11.8 Å². The maximum absolute atomic E-state index is 12.3. The number of hydrogen-bond acceptors (Lipinski definition) is 4. The van der Waals surface area contributed by atoms with Crippen LogP contribution < -0.4 is 4.90 Å². The molecule has 1 aliphatic carbocycles. The van der Waals surface area contributed by atoms with Crippen molar-refractivity contribution >= 4 is 34.1 Å². The molecule has 1 aliphatic heterocycles. The van der Waals surface area contributed by atoms with Crippen LogP contribution in [-0.2, 0) is 9.59 Å². The summed E-state index contributed by atoms with van der Waals surface area (Å²) < 4.78 is 0. The number of anilines is 1. The van der Waals surface area contributed by atoms with Gasteiger partial charge in [0.25, 0.3) is 0 Å². The van der Waals surface area contributed by atoms with E-state index < -0.39 is 5.97 Å². The number of thiophene rings is 1. The smallest absolute Gasteiger partial charge is 0.338 e. The second-order valence-electron chi connectivity index (χ2n) is 4.61. The second kappa shape index (κ2) is 4.31. The lowest BCUT2D eigenvalue weighted by molar-refractivity contribution is -0.122. The van der Waals surface area contributed by atoms with Gasteiger partial charge in [-0.25, -0.2) is 9.69 Å². The fraction of sp³-hybridized carbons (Fsp3) is 0.308. The molecule has 98 valence electrons. The molecule has 0 radical (unpaired) electrons. The Hall–Kier alpha value is -1.95. The lowest BCUT2D eigenvalue weighted by atomic mass is 9.85. The third kappa shape index (κ3) is 1.71. The van der Waals surface area contributed by atoms with Crippen molar-refractivity contribution in [1.82, 2.24) is 0 Å². The van der Waals surface area contributed by atoms with Crippen LogP contribution in [0.2, 0.25) is 0 Å². The van der Waals surface area contributed by atoms with Gasteiger partial charge in [-0.2, -0.15) is 0 Å². The zero-order valence-electron chi connectivity index (χ0n) is 9.91. The molecule has 2 atom stereocenters. The van der Waals surface area contributed by atoms with E-state index in [0.29, 0.717) is 12.8 Å². The van der Waals surface area contributed by atoms with Crippen molar-refractivity contribution in [1.29, 1.82) is 0 Å². The summed E-state index contributed by atoms with van der Waals surface area (Å²) in [6.45, 7) is 0. The van der Waals surface area contributed by atoms with Gasteiger partial charge in [-0.15, -0.1) is 11.3 Å². The number of hydrogen-bond donors (Lipinski definition) is 1. The van der Waals surface area contributed by atoms with Gasteiger partial charge in [0.15, 0.2) is 0 Å². The highest BCUT2D eigenvalue weighted by Crippen LogP contribution is 2.40. The van der Waals surface area contributed by atoms with Crippen LogP contribution >= 0.6 is 11.3 Å². The Morgan fingerprint density at radius 1 is 1.21 bits per heavy atom. The van der Waals surface area contributed by atoms with Gasteiger partial charge in [-0.3, -0.25) is 9.59 Å². The van der Waals surface area contributed by atoms with Gasteiger partial charge < -0.3 is 5.11 Å². The Labute approximate surface area is 113 Å². The average molecular weight is 277 g/mol. The van der Waals surface area contributed by atoms with Gasteiger partial charge in [-0.1, -0.05) is 12.2 Å². The standard InChI is InChI=1S/C13H11NO4S/c15-10-7-3-1-2-4-8(7)11(16)14(10)12-9(13(17)18)5-6-19-12/h1-2,5-8H,3-4H2,(H,17,18)/t7-,8+. The van der Waals surface area contributed by atoms with E-state index in [4.69, 9.17) is 5.11 Å². The number of imide groups is 1. The molecule has 0 unspecified atom stereocenters. The van der Waals surface area contributed by atoms with E-state index in [1.807, 2.05) is 12.2 Å². The number of amides is 2. The maximum Gasteiger partial charge on any atom is 0.338 e. The van der Waals surface area contributed by atoms with Crippen LogP contribution in [-0.4, -0.2) is 22.9 Å². The van der Waals surface area contributed by atoms with E-state index >= 15 is 0 Å². The number of carboxylic acid groups (broad SMARTS) is 1. The van der Waals surface area contributed by atoms with Crippen molar-refractivity contribution in [2.75, 3.05) is 4.90 Å². The normalized spacial score (nSPS) is 25.8. The lowest BCUT2D eigenvalue weighted by Gasteiger charge is -2.14. The minimum atomic E-state index is -1.12. The molecule has 0 aromatic carbocycles. The SMILES string of the molecule is O=C(O)c1ccsc1N1C(=O)[C@H]2CC=CC[C@H]2C1=O. The summed E-state index contributed by atoms with van der Waals surface area (Å²) in [4.78, 5) is 36.8. The number of carbonyl (C=O) groups excluding carboxylic acids is 2. The predicted octanol–water partition coefficient (Wildman–Crippen LogP) is 1.90. The molecule has 5 nitrogen and oxygen atoms in total. The number of fused-ring (bicyclic) bond motifs is 1. The topological polar surface area (TPSA) is 74.7 Å². The molecule has 2 aliphatic rings. The number of carboxylic acids is 1. The van der Waals surface area contributed by atoms with Gasteiger partial charge in [0.2, 0.25) is 11.8 Å². The first-order valence-electron chi connectivity index (χ1n) is 5.95. The first-order chi connectivity index (χ1) is 9.11. The predicted molar refractivity (Wildman–Crippen MR) is 69.1 cm³/mol. The number of carbonyl (C=O) groups is 3. The zero-order valence-corrected chi connectivity index (χ0v) is 10.7. The molecule has 2 heterocycles. The molecule has 0 saturated carbocycles. The van der Waals surface area contributed by atoms with Crippen molar-refractivity contribution in [2.45, 2.75) is 12.8 Å². The Bertz CT molecular complexity index is 578. The molecule has 0 bridgehead atoms. The molecule has 3 rings (SSSR count). The summed E-state index contributed by atoms with van der Waals surface area (Å²) in [6, 6.07) is 1.42. The van der Waals surface area contributed by atoms with E-state index in [1.165, 1.54) is 6.07 Å². The van der Waals surface area contributed by atoms with E-state index in [9.17, 15) is 14.4 Å². The Balaban J connectivity index is 2.02. The average Bonchev–Trinajstić information content (AvgIpc) is 2.95. The van der Waals surface area contributed by atoms with Crippen molar-refractivity contribution in [3.63, 3.8) is 0 Å². The Kier molecular flexibility index (Phi) is 2.74. The lowest BCUT2D eigenvalue weighted by Crippen LogP contribution is -2.31. The Morgan fingerprint density at radius 3 is 2.32 bits per heavy atom. The fourth-order valence-electron chi connectivity index (χ4n) is 2.64. The highest BCUT2D eigenvalue weighted by atomic mass is 32.1. The molecular weight excluding hydrogens is 266 g/mol. The van der Waals surface area contributed by atoms with E-state index in [1.54, 1.807) is 5.38 Å². The number of rotatable bonds is 2. The summed E-state index contributed by atoms with van der Waals surface area (Å²) >= 11 is 1.11. The van der Waals surface area contributed by atoms with Crippen LogP contribution in [0.15, 0.2) is 23.6 Å². The van der Waals surface area contributed by atoms with E-state index in [0.717, 1.165) is 16.2 Å². The molecule has 6 heteroatoms. The van der Waals surface area contributed by atoms with Gasteiger partial charge >= 0.3 is 5.97 Å². The molecule has 1 N–H and O–H groups in total. The third-order valence-electron chi connectivity index (χ3n) is 3.59. The van der Waals surface area contributed by atoms with Crippen LogP contribution in [0.1, 0.15) is 23.2 Å². The largest absolute Gasteiger partial charge is 0.478 e. The highest BCUT2D eigenvalue weighted by molar-refractivity contribution is 7.15. The minimum absolute atomic E-state index is 0.0123. The summed E-state index contributed by atoms with van der Waals surface area (Å²) in [7, 11) is 0. The second-order valence-corrected chi connectivity index (χ2v) is 5.51. The monoisotopic (exact) mass is 277 g/mol. The van der Waals surface area contributed by atoms with Crippen LogP contribution in [0.4, 0.5) is 5.00 Å². The minimum Gasteiger partial charge on any atom is -0.478 e. The van der Waals surface area contributed by atoms with Gasteiger partial charge in [0.1, 0.15) is 5.00 Å². The van der Waals surface area contributed by atoms with Crippen LogP contribution in [0.5, 0.6) is 0 Å². The van der Waals surface area contributed by atoms with Crippen LogP contribution in [0.25, 0.3) is 0 Å². The van der Waals surface area contributed by atoms with Crippen molar-refractivity contribution < 1.29 is 19.5 Å². The van der Waals surface area contributed by atoms with E-state index in [-0.39, 0.29) is 34.2 Å². The van der Waals surface area contributed by atoms with Crippen LogP contribution in [0.3, 0.4) is 0 Å². The van der Waals surface area contributed by atoms with Crippen molar-refractivity contribution in [3.05, 3.63) is 29.2 Å². The van der Waals surface area contributed by atoms with Crippen LogP contribution in [0, 0.1) is 11.8 Å². The molecule has 19 heavy (non-hydrogen) atoms. The van der Waals surface area contributed by atoms with Gasteiger partial charge in [-0.05, 0) is 24.3 Å². The third-order valence-corrected chi connectivity index (χ3v) is 4.48. The Morgan fingerprint density at radius 2 is 1.79 bits per heavy atom. The number of nitrogens with zero attached hydrogens (tertiary/aromatic N) is 1. The molecule has 1 aromatic rings. The van der Waals surface area contributed by atoms with Crippen molar-refractivity contribution in [3.8, 4) is 0 Å². The highest BCUT2D eigenvalue weighted by Gasteiger charge is 2.49. The first-order valence-corrected chi connectivity index (χ1v) is 6.83. The molecular formula is C13H11NO4S. The maximum atomic E-state index is 12.3. The summed E-state index contributed by atoms with van der Waals surface area (Å²) in [6.07, 6.45) is 4.92. The molecule has 1 aromatic heterocycles. The quantitative estimate of drug-likeness (QED) is 0.662. The molecule has 1 fully saturated rings. The number of allylic oxidation sites excluding steroid dienone is 2. The molecule has 1 saturated heterocycles. The molecule has 0 spiro atoms. The number of aromatic carboxylic acids is 1. The first kappa shape index (κ1) is 12.1. The summed E-state index contributed by atoms with van der Waals surface area (Å²) in [5, 5.41) is 10.9. The molecule has 2 amide bonds.